The fourth-order valence-electron chi connectivity index (χ4n) is 3.63. The third kappa shape index (κ3) is 2.81. The Morgan fingerprint density at radius 2 is 2.04 bits per heavy atom. The molecule has 1 aromatic rings. The zero-order chi connectivity index (χ0) is 15.9. The molecule has 1 aromatic carbocycles. The molecule has 5 nitrogen and oxygen atoms in total. The molecule has 0 bridgehead atoms. The van der Waals surface area contributed by atoms with Crippen LogP contribution in [0.2, 0.25) is 0 Å². The van der Waals surface area contributed by atoms with Crippen molar-refractivity contribution in [2.75, 3.05) is 19.8 Å². The fraction of sp³-hybridized carbons (Fsp3) is 0.588. The average molecular weight is 321 g/mol. The van der Waals surface area contributed by atoms with Gasteiger partial charge in [0.1, 0.15) is 12.8 Å². The van der Waals surface area contributed by atoms with E-state index in [0.717, 1.165) is 5.56 Å². The van der Waals surface area contributed by atoms with Crippen molar-refractivity contribution in [2.24, 2.45) is 5.92 Å². The Balaban J connectivity index is 1.41. The minimum atomic E-state index is -1.01. The van der Waals surface area contributed by atoms with E-state index in [1.54, 1.807) is 0 Å². The molecule has 1 saturated carbocycles. The van der Waals surface area contributed by atoms with Crippen LogP contribution in [0.5, 0.6) is 0 Å². The molecule has 2 aliphatic heterocycles. The van der Waals surface area contributed by atoms with E-state index < -0.39 is 24.1 Å². The number of alkyl halides is 1. The van der Waals surface area contributed by atoms with Crippen molar-refractivity contribution >= 4 is 6.09 Å². The number of rotatable bonds is 2. The molecule has 0 N–H and O–H groups in total. The summed E-state index contributed by atoms with van der Waals surface area (Å²) in [5.41, 5.74) is 0.916. The molecule has 2 heterocycles. The number of benzene rings is 1. The first-order valence-corrected chi connectivity index (χ1v) is 8.08. The lowest BCUT2D eigenvalue weighted by molar-refractivity contribution is -0.168. The van der Waals surface area contributed by atoms with Crippen LogP contribution in [-0.4, -0.2) is 48.8 Å². The van der Waals surface area contributed by atoms with Gasteiger partial charge in [-0.25, -0.2) is 9.18 Å². The van der Waals surface area contributed by atoms with E-state index in [-0.39, 0.29) is 12.5 Å². The molecule has 124 valence electrons. The lowest BCUT2D eigenvalue weighted by atomic mass is 10.1. The maximum Gasteiger partial charge on any atom is 0.410 e. The third-order valence-electron chi connectivity index (χ3n) is 4.93. The number of hydrogen-bond acceptors (Lipinski definition) is 4. The maximum atomic E-state index is 14.1. The normalized spacial score (nSPS) is 31.5. The molecule has 23 heavy (non-hydrogen) atoms. The second-order valence-corrected chi connectivity index (χ2v) is 6.39. The fourth-order valence-corrected chi connectivity index (χ4v) is 3.63. The molecule has 1 aliphatic carbocycles. The predicted molar refractivity (Wildman–Crippen MR) is 79.4 cm³/mol. The Morgan fingerprint density at radius 1 is 1.30 bits per heavy atom. The van der Waals surface area contributed by atoms with Crippen LogP contribution >= 0.6 is 0 Å². The van der Waals surface area contributed by atoms with Gasteiger partial charge in [0.05, 0.1) is 19.3 Å². The van der Waals surface area contributed by atoms with Crippen molar-refractivity contribution in [2.45, 2.75) is 37.4 Å². The van der Waals surface area contributed by atoms with E-state index in [9.17, 15) is 9.18 Å². The van der Waals surface area contributed by atoms with Gasteiger partial charge in [0.15, 0.2) is 5.79 Å². The van der Waals surface area contributed by atoms with Gasteiger partial charge in [0.25, 0.3) is 0 Å². The lowest BCUT2D eigenvalue weighted by Gasteiger charge is -2.27. The van der Waals surface area contributed by atoms with E-state index in [4.69, 9.17) is 14.2 Å². The van der Waals surface area contributed by atoms with Crippen LogP contribution in [0.1, 0.15) is 18.4 Å². The van der Waals surface area contributed by atoms with E-state index in [1.807, 2.05) is 30.3 Å². The summed E-state index contributed by atoms with van der Waals surface area (Å²) in [6.07, 6.45) is -0.391. The van der Waals surface area contributed by atoms with Crippen molar-refractivity contribution in [1.29, 1.82) is 0 Å². The smallest absolute Gasteiger partial charge is 0.410 e. The zero-order valence-corrected chi connectivity index (χ0v) is 12.8. The van der Waals surface area contributed by atoms with Gasteiger partial charge in [0.2, 0.25) is 0 Å². The molecule has 3 atom stereocenters. The highest BCUT2D eigenvalue weighted by Gasteiger charge is 2.62. The number of amides is 1. The summed E-state index contributed by atoms with van der Waals surface area (Å²) in [4.78, 5) is 13.9. The van der Waals surface area contributed by atoms with Crippen molar-refractivity contribution in [3.63, 3.8) is 0 Å². The standard InChI is InChI=1S/C17H20FNO4/c18-14-13-10-17(22-8-9-23-17)6-7-19(15(13)14)16(20)21-11-12-4-2-1-3-5-12/h1-5,13-15H,6-11H2. The van der Waals surface area contributed by atoms with E-state index in [2.05, 4.69) is 0 Å². The first-order valence-electron chi connectivity index (χ1n) is 8.08. The molecule has 4 rings (SSSR count). The number of hydrogen-bond donors (Lipinski definition) is 0. The Morgan fingerprint density at radius 3 is 2.78 bits per heavy atom. The summed E-state index contributed by atoms with van der Waals surface area (Å²) in [5.74, 6) is -0.919. The van der Waals surface area contributed by atoms with Gasteiger partial charge in [-0.1, -0.05) is 30.3 Å². The minimum Gasteiger partial charge on any atom is -0.445 e. The van der Waals surface area contributed by atoms with E-state index in [0.29, 0.717) is 32.6 Å². The minimum absolute atomic E-state index is 0.197. The first kappa shape index (κ1) is 14.9. The molecule has 1 amide bonds. The second-order valence-electron chi connectivity index (χ2n) is 6.39. The molecule has 3 unspecified atom stereocenters. The molecule has 1 spiro atoms. The zero-order valence-electron chi connectivity index (χ0n) is 12.8. The van der Waals surface area contributed by atoms with Crippen LogP contribution in [0.25, 0.3) is 0 Å². The van der Waals surface area contributed by atoms with Crippen molar-refractivity contribution in [3.8, 4) is 0 Å². The van der Waals surface area contributed by atoms with Crippen LogP contribution in [0, 0.1) is 5.92 Å². The number of likely N-dealkylation sites (tertiary alicyclic amines) is 1. The molecular weight excluding hydrogens is 301 g/mol. The maximum absolute atomic E-state index is 14.1. The number of nitrogens with zero attached hydrogens (tertiary/aromatic N) is 1. The lowest BCUT2D eigenvalue weighted by Crippen LogP contribution is -2.38. The van der Waals surface area contributed by atoms with Crippen LogP contribution in [0.15, 0.2) is 30.3 Å². The van der Waals surface area contributed by atoms with Crippen molar-refractivity contribution < 1.29 is 23.4 Å². The summed E-state index contributed by atoms with van der Waals surface area (Å²) in [7, 11) is 0. The third-order valence-corrected chi connectivity index (χ3v) is 4.93. The van der Waals surface area contributed by atoms with Crippen molar-refractivity contribution in [1.82, 2.24) is 4.90 Å². The highest BCUT2D eigenvalue weighted by atomic mass is 19.1. The van der Waals surface area contributed by atoms with Gasteiger partial charge in [-0.3, -0.25) is 0 Å². The number of carbonyl (C=O) groups excluding carboxylic acids is 1. The van der Waals surface area contributed by atoms with Crippen LogP contribution in [-0.2, 0) is 20.8 Å². The summed E-state index contributed by atoms with van der Waals surface area (Å²) < 4.78 is 30.9. The molecular formula is C17H20FNO4. The quantitative estimate of drug-likeness (QED) is 0.840. The van der Waals surface area contributed by atoms with Gasteiger partial charge < -0.3 is 19.1 Å². The van der Waals surface area contributed by atoms with Gasteiger partial charge >= 0.3 is 6.09 Å². The van der Waals surface area contributed by atoms with Crippen molar-refractivity contribution in [3.05, 3.63) is 35.9 Å². The number of ether oxygens (including phenoxy) is 3. The Hall–Kier alpha value is -1.66. The SMILES string of the molecule is O=C(OCc1ccccc1)N1CCC2(CC3C(F)C31)OCCO2. The summed E-state index contributed by atoms with van der Waals surface area (Å²) in [6, 6.07) is 9.07. The Bertz CT molecular complexity index is 575. The average Bonchev–Trinajstić information content (AvgIpc) is 2.99. The Labute approximate surface area is 134 Å². The molecule has 0 radical (unpaired) electrons. The molecule has 2 saturated heterocycles. The van der Waals surface area contributed by atoms with Crippen LogP contribution in [0.4, 0.5) is 9.18 Å². The van der Waals surface area contributed by atoms with Crippen LogP contribution in [0.3, 0.4) is 0 Å². The van der Waals surface area contributed by atoms with Gasteiger partial charge in [-0.2, -0.15) is 0 Å². The summed E-state index contributed by atoms with van der Waals surface area (Å²) >= 11 is 0. The van der Waals surface area contributed by atoms with E-state index in [1.165, 1.54) is 4.90 Å². The highest BCUT2D eigenvalue weighted by molar-refractivity contribution is 5.69. The largest absolute Gasteiger partial charge is 0.445 e. The summed E-state index contributed by atoms with van der Waals surface area (Å²) in [6.45, 7) is 1.66. The van der Waals surface area contributed by atoms with E-state index >= 15 is 0 Å². The van der Waals surface area contributed by atoms with Gasteiger partial charge in [0, 0.05) is 25.3 Å². The highest BCUT2D eigenvalue weighted by Crippen LogP contribution is 2.50. The summed E-state index contributed by atoms with van der Waals surface area (Å²) in [5, 5.41) is 0. The van der Waals surface area contributed by atoms with Crippen LogP contribution < -0.4 is 0 Å². The topological polar surface area (TPSA) is 48.0 Å². The predicted octanol–water partition coefficient (Wildman–Crippen LogP) is 2.50. The molecule has 3 aliphatic rings. The number of fused-ring (bicyclic) bond motifs is 1. The second kappa shape index (κ2) is 5.76. The molecule has 6 heteroatoms. The Kier molecular flexibility index (Phi) is 3.73. The monoisotopic (exact) mass is 321 g/mol. The van der Waals surface area contributed by atoms with Gasteiger partial charge in [-0.15, -0.1) is 0 Å². The first-order chi connectivity index (χ1) is 11.2. The number of carbonyl (C=O) groups is 1. The number of halogens is 1. The molecule has 0 aromatic heterocycles. The molecule has 3 fully saturated rings. The van der Waals surface area contributed by atoms with Gasteiger partial charge in [-0.05, 0) is 5.56 Å².